The van der Waals surface area contributed by atoms with Gasteiger partial charge >= 0.3 is 12.0 Å². The maximum Gasteiger partial charge on any atom is 0.320 e. The van der Waals surface area contributed by atoms with E-state index in [2.05, 4.69) is 0 Å². The van der Waals surface area contributed by atoms with Gasteiger partial charge in [0, 0.05) is 26.1 Å². The molecule has 0 aliphatic carbocycles. The van der Waals surface area contributed by atoms with E-state index in [0.29, 0.717) is 38.5 Å². The molecule has 0 radical (unpaired) electrons. The van der Waals surface area contributed by atoms with Gasteiger partial charge in [-0.15, -0.1) is 0 Å². The van der Waals surface area contributed by atoms with Gasteiger partial charge in [-0.3, -0.25) is 4.79 Å². The topological polar surface area (TPSA) is 81.1 Å². The quantitative estimate of drug-likeness (QED) is 0.814. The smallest absolute Gasteiger partial charge is 0.320 e. The van der Waals surface area contributed by atoms with Crippen LogP contribution in [0.2, 0.25) is 0 Å². The number of carboxylic acid groups (broad SMARTS) is 1. The molecule has 0 aromatic heterocycles. The summed E-state index contributed by atoms with van der Waals surface area (Å²) in [6.07, 6.45) is 3.25. The maximum atomic E-state index is 12.4. The third kappa shape index (κ3) is 3.85. The highest BCUT2D eigenvalue weighted by Crippen LogP contribution is 2.25. The van der Waals surface area contributed by atoms with E-state index >= 15 is 0 Å². The molecular weight excluding hydrogens is 260 g/mol. The summed E-state index contributed by atoms with van der Waals surface area (Å²) < 4.78 is 0. The number of rotatable bonds is 3. The third-order valence-electron chi connectivity index (χ3n) is 4.27. The van der Waals surface area contributed by atoms with Gasteiger partial charge in [-0.2, -0.15) is 0 Å². The lowest BCUT2D eigenvalue weighted by Gasteiger charge is -2.38. The molecule has 0 saturated carbocycles. The first-order valence-corrected chi connectivity index (χ1v) is 7.35. The van der Waals surface area contributed by atoms with Crippen molar-refractivity contribution in [2.75, 3.05) is 26.2 Å². The number of hydrogen-bond donors (Lipinski definition) is 2. The molecule has 2 N–H and O–H groups in total. The first kappa shape index (κ1) is 15.1. The van der Waals surface area contributed by atoms with Crippen LogP contribution in [0.3, 0.4) is 0 Å². The molecule has 2 amide bonds. The molecule has 2 aliphatic rings. The fraction of sp³-hybridized carbons (Fsp3) is 0.857. The summed E-state index contributed by atoms with van der Waals surface area (Å²) in [4.78, 5) is 26.5. The Morgan fingerprint density at radius 1 is 1.30 bits per heavy atom. The molecule has 6 heteroatoms. The lowest BCUT2D eigenvalue weighted by molar-refractivity contribution is -0.137. The first-order chi connectivity index (χ1) is 9.37. The molecule has 2 aliphatic heterocycles. The predicted octanol–water partition coefficient (Wildman–Crippen LogP) is 1.14. The summed E-state index contributed by atoms with van der Waals surface area (Å²) in [5.41, 5.74) is -0.781. The van der Waals surface area contributed by atoms with E-state index in [1.807, 2.05) is 0 Å². The van der Waals surface area contributed by atoms with Crippen molar-refractivity contribution in [2.24, 2.45) is 5.92 Å². The summed E-state index contributed by atoms with van der Waals surface area (Å²) in [5.74, 6) is -0.484. The molecule has 0 aromatic rings. The van der Waals surface area contributed by atoms with Gasteiger partial charge < -0.3 is 20.0 Å². The number of hydrogen-bond acceptors (Lipinski definition) is 3. The molecule has 2 fully saturated rings. The van der Waals surface area contributed by atoms with Gasteiger partial charge in [0.2, 0.25) is 0 Å². The number of carboxylic acids is 1. The van der Waals surface area contributed by atoms with Crippen molar-refractivity contribution in [3.05, 3.63) is 0 Å². The Hall–Kier alpha value is -1.30. The minimum absolute atomic E-state index is 0.0113. The van der Waals surface area contributed by atoms with Crippen molar-refractivity contribution in [2.45, 2.75) is 44.6 Å². The van der Waals surface area contributed by atoms with E-state index in [9.17, 15) is 14.7 Å². The molecule has 20 heavy (non-hydrogen) atoms. The number of nitrogens with zero attached hydrogens (tertiary/aromatic N) is 2. The summed E-state index contributed by atoms with van der Waals surface area (Å²) >= 11 is 0. The van der Waals surface area contributed by atoms with Crippen molar-refractivity contribution in [1.82, 2.24) is 9.80 Å². The molecule has 114 valence electrons. The van der Waals surface area contributed by atoms with Crippen molar-refractivity contribution >= 4 is 12.0 Å². The van der Waals surface area contributed by atoms with E-state index < -0.39 is 11.6 Å². The minimum atomic E-state index is -0.781. The number of likely N-dealkylation sites (tertiary alicyclic amines) is 2. The van der Waals surface area contributed by atoms with Gasteiger partial charge in [0.1, 0.15) is 0 Å². The fourth-order valence-electron chi connectivity index (χ4n) is 3.15. The van der Waals surface area contributed by atoms with Gasteiger partial charge in [0.15, 0.2) is 0 Å². The average molecular weight is 284 g/mol. The van der Waals surface area contributed by atoms with Crippen molar-refractivity contribution < 1.29 is 19.8 Å². The normalized spacial score (nSPS) is 30.6. The Morgan fingerprint density at radius 2 is 2.05 bits per heavy atom. The van der Waals surface area contributed by atoms with E-state index in [1.54, 1.807) is 16.7 Å². The van der Waals surface area contributed by atoms with E-state index in [4.69, 9.17) is 5.11 Å². The maximum absolute atomic E-state index is 12.4. The second-order valence-electron chi connectivity index (χ2n) is 6.34. The number of piperidine rings is 1. The zero-order chi connectivity index (χ0) is 14.8. The molecule has 2 rings (SSSR count). The SMILES string of the molecule is CC1(O)CCCN(C(=O)N2CCC(CCC(=O)O)C2)C1. The summed E-state index contributed by atoms with van der Waals surface area (Å²) in [6.45, 7) is 4.20. The van der Waals surface area contributed by atoms with Crippen LogP contribution in [0.4, 0.5) is 4.79 Å². The third-order valence-corrected chi connectivity index (χ3v) is 4.27. The molecule has 2 saturated heterocycles. The molecule has 0 bridgehead atoms. The number of aliphatic hydroxyl groups is 1. The number of urea groups is 1. The second-order valence-corrected chi connectivity index (χ2v) is 6.34. The molecule has 2 atom stereocenters. The lowest BCUT2D eigenvalue weighted by Crippen LogP contribution is -2.52. The zero-order valence-corrected chi connectivity index (χ0v) is 12.0. The fourth-order valence-corrected chi connectivity index (χ4v) is 3.15. The van der Waals surface area contributed by atoms with Crippen LogP contribution >= 0.6 is 0 Å². The van der Waals surface area contributed by atoms with Crippen molar-refractivity contribution in [3.8, 4) is 0 Å². The average Bonchev–Trinajstić information content (AvgIpc) is 2.83. The highest BCUT2D eigenvalue weighted by molar-refractivity contribution is 5.75. The summed E-state index contributed by atoms with van der Waals surface area (Å²) in [5, 5.41) is 18.8. The van der Waals surface area contributed by atoms with Crippen LogP contribution in [0.25, 0.3) is 0 Å². The molecular formula is C14H24N2O4. The van der Waals surface area contributed by atoms with Gasteiger partial charge in [0.25, 0.3) is 0 Å². The monoisotopic (exact) mass is 284 g/mol. The lowest BCUT2D eigenvalue weighted by atomic mass is 9.95. The van der Waals surface area contributed by atoms with Crippen LogP contribution in [0, 0.1) is 5.92 Å². The van der Waals surface area contributed by atoms with Gasteiger partial charge in [0.05, 0.1) is 12.1 Å². The Morgan fingerprint density at radius 3 is 2.70 bits per heavy atom. The Labute approximate surface area is 119 Å². The Bertz CT molecular complexity index is 383. The van der Waals surface area contributed by atoms with Crippen LogP contribution in [0.15, 0.2) is 0 Å². The summed E-state index contributed by atoms with van der Waals surface area (Å²) in [6, 6.07) is -0.0113. The summed E-state index contributed by atoms with van der Waals surface area (Å²) in [7, 11) is 0. The van der Waals surface area contributed by atoms with Crippen LogP contribution in [0.5, 0.6) is 0 Å². The zero-order valence-electron chi connectivity index (χ0n) is 12.0. The number of amides is 2. The van der Waals surface area contributed by atoms with Gasteiger partial charge in [-0.1, -0.05) is 0 Å². The molecule has 0 spiro atoms. The standard InChI is InChI=1S/C14H24N2O4/c1-14(20)6-2-7-16(10-14)13(19)15-8-5-11(9-15)3-4-12(17)18/h11,20H,2-10H2,1H3,(H,17,18). The van der Waals surface area contributed by atoms with E-state index in [1.165, 1.54) is 0 Å². The number of carbonyl (C=O) groups is 2. The van der Waals surface area contributed by atoms with Crippen LogP contribution in [-0.2, 0) is 4.79 Å². The van der Waals surface area contributed by atoms with Gasteiger partial charge in [-0.05, 0) is 38.5 Å². The van der Waals surface area contributed by atoms with E-state index in [0.717, 1.165) is 19.3 Å². The number of aliphatic carboxylic acids is 1. The Kier molecular flexibility index (Phi) is 4.52. The number of carbonyl (C=O) groups excluding carboxylic acids is 1. The van der Waals surface area contributed by atoms with Crippen LogP contribution in [0.1, 0.15) is 39.0 Å². The molecule has 0 aromatic carbocycles. The van der Waals surface area contributed by atoms with Crippen molar-refractivity contribution in [3.63, 3.8) is 0 Å². The highest BCUT2D eigenvalue weighted by atomic mass is 16.4. The molecule has 2 heterocycles. The van der Waals surface area contributed by atoms with E-state index in [-0.39, 0.29) is 12.5 Å². The Balaban J connectivity index is 1.83. The minimum Gasteiger partial charge on any atom is -0.481 e. The first-order valence-electron chi connectivity index (χ1n) is 7.35. The highest BCUT2D eigenvalue weighted by Gasteiger charge is 2.35. The number of β-amino-alcohol motifs (C(OH)–C–C–N with tert-alkyl or cyclic N) is 1. The van der Waals surface area contributed by atoms with Crippen molar-refractivity contribution in [1.29, 1.82) is 0 Å². The van der Waals surface area contributed by atoms with Crippen LogP contribution in [-0.4, -0.2) is 63.8 Å². The molecule has 2 unspecified atom stereocenters. The molecule has 6 nitrogen and oxygen atoms in total. The largest absolute Gasteiger partial charge is 0.481 e. The predicted molar refractivity (Wildman–Crippen MR) is 73.4 cm³/mol. The second kappa shape index (κ2) is 5.99. The van der Waals surface area contributed by atoms with Gasteiger partial charge in [-0.25, -0.2) is 4.79 Å². The van der Waals surface area contributed by atoms with Crippen LogP contribution < -0.4 is 0 Å².